The quantitative estimate of drug-likeness (QED) is 0.681. The number of hydrogen-bond donors (Lipinski definition) is 1. The van der Waals surface area contributed by atoms with Crippen LogP contribution in [0.1, 0.15) is 23.7 Å². The summed E-state index contributed by atoms with van der Waals surface area (Å²) in [6.45, 7) is 2.46. The molecule has 6 nitrogen and oxygen atoms in total. The van der Waals surface area contributed by atoms with Crippen molar-refractivity contribution in [2.75, 3.05) is 6.61 Å². The predicted octanol–water partition coefficient (Wildman–Crippen LogP) is 2.16. The third kappa shape index (κ3) is 2.85. The maximum atomic E-state index is 12.1. The van der Waals surface area contributed by atoms with Gasteiger partial charge in [-0.2, -0.15) is 0 Å². The second-order valence-corrected chi connectivity index (χ2v) is 4.72. The zero-order valence-electron chi connectivity index (χ0n) is 10.3. The highest BCUT2D eigenvalue weighted by Crippen LogP contribution is 2.28. The minimum atomic E-state index is -0.611. The number of halogens is 1. The number of hydrogen-bond acceptors (Lipinski definition) is 4. The van der Waals surface area contributed by atoms with E-state index < -0.39 is 10.8 Å². The molecule has 1 N–H and O–H groups in total. The lowest BCUT2D eigenvalue weighted by Gasteiger charge is -2.16. The van der Waals surface area contributed by atoms with Crippen LogP contribution in [0, 0.1) is 10.1 Å². The first-order chi connectivity index (χ1) is 9.00. The number of benzene rings is 1. The van der Waals surface area contributed by atoms with Crippen LogP contribution in [0.25, 0.3) is 0 Å². The van der Waals surface area contributed by atoms with Crippen molar-refractivity contribution in [3.63, 3.8) is 0 Å². The zero-order chi connectivity index (χ0) is 14.0. The van der Waals surface area contributed by atoms with Crippen molar-refractivity contribution in [2.24, 2.45) is 0 Å². The van der Waals surface area contributed by atoms with Crippen LogP contribution in [0.15, 0.2) is 18.2 Å². The molecule has 0 saturated carbocycles. The van der Waals surface area contributed by atoms with Gasteiger partial charge in [0.25, 0.3) is 11.6 Å². The monoisotopic (exact) mass is 284 g/mol. The molecule has 2 atom stereocenters. The molecule has 1 aromatic carbocycles. The molecule has 0 spiro atoms. The lowest BCUT2D eigenvalue weighted by Crippen LogP contribution is -2.39. The zero-order valence-corrected chi connectivity index (χ0v) is 11.0. The van der Waals surface area contributed by atoms with E-state index in [-0.39, 0.29) is 28.4 Å². The summed E-state index contributed by atoms with van der Waals surface area (Å²) >= 11 is 5.89. The Morgan fingerprint density at radius 2 is 2.32 bits per heavy atom. The van der Waals surface area contributed by atoms with Crippen LogP contribution in [0.2, 0.25) is 5.02 Å². The summed E-state index contributed by atoms with van der Waals surface area (Å²) < 4.78 is 5.34. The third-order valence-corrected chi connectivity index (χ3v) is 3.51. The standard InChI is InChI=1S/C12H13ClN2O4/c1-7-9(5-6-19-7)14-12(16)8-3-2-4-10(11(8)13)15(17)18/h2-4,7,9H,5-6H2,1H3,(H,14,16). The Morgan fingerprint density at radius 3 is 2.89 bits per heavy atom. The molecule has 0 bridgehead atoms. The number of nitro benzene ring substituents is 1. The van der Waals surface area contributed by atoms with E-state index in [9.17, 15) is 14.9 Å². The fraction of sp³-hybridized carbons (Fsp3) is 0.417. The number of nitrogens with zero attached hydrogens (tertiary/aromatic N) is 1. The van der Waals surface area contributed by atoms with Crippen LogP contribution in [0.3, 0.4) is 0 Å². The van der Waals surface area contributed by atoms with Gasteiger partial charge in [-0.3, -0.25) is 14.9 Å². The Labute approximate surface area is 114 Å². The summed E-state index contributed by atoms with van der Waals surface area (Å²) in [5.41, 5.74) is -0.167. The minimum absolute atomic E-state index is 0.0681. The molecule has 2 unspecified atom stereocenters. The Bertz CT molecular complexity index is 520. The second-order valence-electron chi connectivity index (χ2n) is 4.34. The second kappa shape index (κ2) is 5.54. The minimum Gasteiger partial charge on any atom is -0.376 e. The molecule has 0 aromatic heterocycles. The molecule has 102 valence electrons. The van der Waals surface area contributed by atoms with Gasteiger partial charge in [0.1, 0.15) is 5.02 Å². The van der Waals surface area contributed by atoms with Crippen LogP contribution in [0.4, 0.5) is 5.69 Å². The summed E-state index contributed by atoms with van der Waals surface area (Å²) in [5, 5.41) is 13.4. The number of nitrogens with one attached hydrogen (secondary N) is 1. The van der Waals surface area contributed by atoms with Gasteiger partial charge in [0, 0.05) is 12.7 Å². The van der Waals surface area contributed by atoms with Gasteiger partial charge in [0.2, 0.25) is 0 Å². The van der Waals surface area contributed by atoms with E-state index in [1.54, 1.807) is 0 Å². The largest absolute Gasteiger partial charge is 0.376 e. The van der Waals surface area contributed by atoms with Crippen molar-refractivity contribution in [2.45, 2.75) is 25.5 Å². The lowest BCUT2D eigenvalue weighted by atomic mass is 10.1. The molecular formula is C12H13ClN2O4. The molecule has 7 heteroatoms. The normalized spacial score (nSPS) is 22.2. The predicted molar refractivity (Wildman–Crippen MR) is 69.4 cm³/mol. The summed E-state index contributed by atoms with van der Waals surface area (Å²) in [5.74, 6) is -0.420. The summed E-state index contributed by atoms with van der Waals surface area (Å²) in [6, 6.07) is 4.07. The third-order valence-electron chi connectivity index (χ3n) is 3.11. The molecule has 1 aromatic rings. The fourth-order valence-corrected chi connectivity index (χ4v) is 2.28. The van der Waals surface area contributed by atoms with Gasteiger partial charge in [-0.15, -0.1) is 0 Å². The van der Waals surface area contributed by atoms with Crippen molar-refractivity contribution in [1.82, 2.24) is 5.32 Å². The Morgan fingerprint density at radius 1 is 1.58 bits per heavy atom. The smallest absolute Gasteiger partial charge is 0.288 e. The summed E-state index contributed by atoms with van der Waals surface area (Å²) in [7, 11) is 0. The number of carbonyl (C=O) groups is 1. The summed E-state index contributed by atoms with van der Waals surface area (Å²) in [6.07, 6.45) is 0.654. The maximum absolute atomic E-state index is 12.1. The SMILES string of the molecule is CC1OCCC1NC(=O)c1cccc([N+](=O)[O-])c1Cl. The van der Waals surface area contributed by atoms with Crippen molar-refractivity contribution in [3.8, 4) is 0 Å². The van der Waals surface area contributed by atoms with Crippen LogP contribution in [-0.2, 0) is 4.74 Å². The highest BCUT2D eigenvalue weighted by molar-refractivity contribution is 6.35. The molecule has 1 amide bonds. The topological polar surface area (TPSA) is 81.5 Å². The molecule has 1 fully saturated rings. The van der Waals surface area contributed by atoms with E-state index in [1.165, 1.54) is 18.2 Å². The fourth-order valence-electron chi connectivity index (χ4n) is 2.00. The molecule has 0 aliphatic carbocycles. The molecule has 1 aliphatic rings. The molecule has 0 radical (unpaired) electrons. The van der Waals surface area contributed by atoms with Gasteiger partial charge in [0.15, 0.2) is 0 Å². The Balaban J connectivity index is 2.19. The highest BCUT2D eigenvalue weighted by Gasteiger charge is 2.27. The van der Waals surface area contributed by atoms with Gasteiger partial charge in [-0.25, -0.2) is 0 Å². The van der Waals surface area contributed by atoms with Crippen LogP contribution >= 0.6 is 11.6 Å². The van der Waals surface area contributed by atoms with Gasteiger partial charge in [-0.05, 0) is 19.4 Å². The first-order valence-corrected chi connectivity index (χ1v) is 6.24. The van der Waals surface area contributed by atoms with Crippen molar-refractivity contribution in [1.29, 1.82) is 0 Å². The van der Waals surface area contributed by atoms with Crippen LogP contribution < -0.4 is 5.32 Å². The first-order valence-electron chi connectivity index (χ1n) is 5.86. The van der Waals surface area contributed by atoms with Gasteiger partial charge >= 0.3 is 0 Å². The van der Waals surface area contributed by atoms with E-state index >= 15 is 0 Å². The van der Waals surface area contributed by atoms with E-state index in [2.05, 4.69) is 5.32 Å². The van der Waals surface area contributed by atoms with E-state index in [1.807, 2.05) is 6.92 Å². The summed E-state index contributed by atoms with van der Waals surface area (Å²) in [4.78, 5) is 22.2. The van der Waals surface area contributed by atoms with E-state index in [0.717, 1.165) is 6.42 Å². The molecular weight excluding hydrogens is 272 g/mol. The van der Waals surface area contributed by atoms with Crippen LogP contribution in [-0.4, -0.2) is 29.6 Å². The Kier molecular flexibility index (Phi) is 4.01. The average Bonchev–Trinajstić information content (AvgIpc) is 2.74. The van der Waals surface area contributed by atoms with Crippen molar-refractivity contribution in [3.05, 3.63) is 38.9 Å². The van der Waals surface area contributed by atoms with E-state index in [0.29, 0.717) is 6.61 Å². The number of amides is 1. The maximum Gasteiger partial charge on any atom is 0.288 e. The lowest BCUT2D eigenvalue weighted by molar-refractivity contribution is -0.384. The number of nitro groups is 1. The highest BCUT2D eigenvalue weighted by atomic mass is 35.5. The molecule has 19 heavy (non-hydrogen) atoms. The number of rotatable bonds is 3. The Hall–Kier alpha value is -1.66. The molecule has 1 aliphatic heterocycles. The first kappa shape index (κ1) is 13.8. The van der Waals surface area contributed by atoms with Gasteiger partial charge < -0.3 is 10.1 Å². The van der Waals surface area contributed by atoms with Gasteiger partial charge in [0.05, 0.1) is 22.6 Å². The van der Waals surface area contributed by atoms with Gasteiger partial charge in [-0.1, -0.05) is 17.7 Å². The number of carbonyl (C=O) groups excluding carboxylic acids is 1. The molecule has 2 rings (SSSR count). The number of ether oxygens (including phenoxy) is 1. The van der Waals surface area contributed by atoms with E-state index in [4.69, 9.17) is 16.3 Å². The molecule has 1 saturated heterocycles. The van der Waals surface area contributed by atoms with Crippen molar-refractivity contribution >= 4 is 23.2 Å². The molecule has 1 heterocycles. The van der Waals surface area contributed by atoms with Crippen molar-refractivity contribution < 1.29 is 14.5 Å². The van der Waals surface area contributed by atoms with Crippen LogP contribution in [0.5, 0.6) is 0 Å². The average molecular weight is 285 g/mol.